The maximum absolute atomic E-state index is 11.4. The van der Waals surface area contributed by atoms with Crippen LogP contribution in [0.5, 0.6) is 0 Å². The Hall–Kier alpha value is -1.45. The maximum Gasteiger partial charge on any atom is 0.305 e. The largest absolute Gasteiger partial charge is 0.463 e. The molecule has 0 spiro atoms. The molecular formula is C28H48O3. The molecule has 0 aromatic carbocycles. The van der Waals surface area contributed by atoms with Crippen molar-refractivity contribution < 1.29 is 14.3 Å². The van der Waals surface area contributed by atoms with Crippen LogP contribution in [0, 0.1) is 23.7 Å². The van der Waals surface area contributed by atoms with Gasteiger partial charge in [-0.05, 0) is 31.1 Å². The van der Waals surface area contributed by atoms with Crippen LogP contribution in [0.15, 0.2) is 0 Å². The van der Waals surface area contributed by atoms with Crippen molar-refractivity contribution in [2.75, 3.05) is 20.3 Å². The fraction of sp³-hybridized carbons (Fsp3) is 0.821. The second kappa shape index (κ2) is 26.6. The van der Waals surface area contributed by atoms with E-state index in [9.17, 15) is 4.79 Å². The van der Waals surface area contributed by atoms with Gasteiger partial charge in [-0.15, -0.1) is 0 Å². The molecule has 3 nitrogen and oxygen atoms in total. The van der Waals surface area contributed by atoms with Gasteiger partial charge >= 0.3 is 5.97 Å². The highest BCUT2D eigenvalue weighted by molar-refractivity contribution is 5.69. The lowest BCUT2D eigenvalue weighted by atomic mass is 10.1. The van der Waals surface area contributed by atoms with E-state index in [0.717, 1.165) is 32.1 Å². The molecule has 0 aliphatic rings. The molecule has 0 fully saturated rings. The van der Waals surface area contributed by atoms with Crippen molar-refractivity contribution in [3.63, 3.8) is 0 Å². The van der Waals surface area contributed by atoms with E-state index >= 15 is 0 Å². The number of esters is 1. The van der Waals surface area contributed by atoms with Gasteiger partial charge in [-0.25, -0.2) is 0 Å². The third-order valence-corrected chi connectivity index (χ3v) is 5.38. The van der Waals surface area contributed by atoms with Crippen molar-refractivity contribution >= 4 is 5.97 Å². The molecule has 0 unspecified atom stereocenters. The van der Waals surface area contributed by atoms with Crippen molar-refractivity contribution in [1.29, 1.82) is 0 Å². The number of ether oxygens (including phenoxy) is 2. The van der Waals surface area contributed by atoms with Gasteiger partial charge in [-0.2, -0.15) is 0 Å². The number of hydrogen-bond donors (Lipinski definition) is 0. The standard InChI is InChI=1S/C28H48O3/c1-3-4-5-6-7-8-9-10-11-12-13-14-15-16-17-18-19-20-21-22-23-24-25-28(29)31-27-26-30-2/h3-13,18-27H2,1-2H3. The molecule has 0 aliphatic heterocycles. The quantitative estimate of drug-likeness (QED) is 0.106. The van der Waals surface area contributed by atoms with Gasteiger partial charge in [0.25, 0.3) is 0 Å². The summed E-state index contributed by atoms with van der Waals surface area (Å²) in [6.07, 6.45) is 22.9. The van der Waals surface area contributed by atoms with E-state index in [4.69, 9.17) is 9.47 Å². The highest BCUT2D eigenvalue weighted by Crippen LogP contribution is 2.11. The van der Waals surface area contributed by atoms with E-state index < -0.39 is 0 Å². The van der Waals surface area contributed by atoms with Gasteiger partial charge in [0.05, 0.1) is 6.61 Å². The molecule has 0 bridgehead atoms. The molecule has 0 saturated carbocycles. The van der Waals surface area contributed by atoms with Gasteiger partial charge in [0.2, 0.25) is 0 Å². The molecule has 3 heteroatoms. The minimum atomic E-state index is -0.110. The van der Waals surface area contributed by atoms with Gasteiger partial charge in [0, 0.05) is 26.4 Å². The van der Waals surface area contributed by atoms with Gasteiger partial charge in [0.1, 0.15) is 6.61 Å². The maximum atomic E-state index is 11.4. The van der Waals surface area contributed by atoms with Crippen LogP contribution in [0.3, 0.4) is 0 Å². The lowest BCUT2D eigenvalue weighted by molar-refractivity contribution is -0.145. The first-order valence-corrected chi connectivity index (χ1v) is 12.9. The van der Waals surface area contributed by atoms with Crippen molar-refractivity contribution in [3.8, 4) is 23.7 Å². The van der Waals surface area contributed by atoms with Crippen molar-refractivity contribution in [2.24, 2.45) is 0 Å². The molecule has 0 aromatic heterocycles. The lowest BCUT2D eigenvalue weighted by Gasteiger charge is -2.03. The van der Waals surface area contributed by atoms with Crippen LogP contribution in [0.1, 0.15) is 129 Å². The van der Waals surface area contributed by atoms with Gasteiger partial charge < -0.3 is 9.47 Å². The molecule has 0 N–H and O–H groups in total. The fourth-order valence-electron chi connectivity index (χ4n) is 3.42. The van der Waals surface area contributed by atoms with Gasteiger partial charge in [-0.1, -0.05) is 102 Å². The van der Waals surface area contributed by atoms with Crippen molar-refractivity contribution in [2.45, 2.75) is 129 Å². The Kier molecular flexibility index (Phi) is 25.3. The van der Waals surface area contributed by atoms with Crippen LogP contribution in [0.4, 0.5) is 0 Å². The topological polar surface area (TPSA) is 35.5 Å². The van der Waals surface area contributed by atoms with Crippen LogP contribution in [-0.4, -0.2) is 26.3 Å². The summed E-state index contributed by atoms with van der Waals surface area (Å²) in [4.78, 5) is 11.4. The molecular weight excluding hydrogens is 384 g/mol. The second-order valence-electron chi connectivity index (χ2n) is 8.37. The number of rotatable bonds is 21. The first-order chi connectivity index (χ1) is 15.3. The number of hydrogen-bond acceptors (Lipinski definition) is 3. The smallest absolute Gasteiger partial charge is 0.305 e. The van der Waals surface area contributed by atoms with Crippen LogP contribution in [0.25, 0.3) is 0 Å². The van der Waals surface area contributed by atoms with Gasteiger partial charge in [0.15, 0.2) is 0 Å². The number of methoxy groups -OCH3 is 1. The zero-order chi connectivity index (χ0) is 22.7. The Labute approximate surface area is 193 Å². The third kappa shape index (κ3) is 26.5. The van der Waals surface area contributed by atoms with E-state index in [2.05, 4.69) is 30.6 Å². The van der Waals surface area contributed by atoms with E-state index in [1.165, 1.54) is 83.5 Å². The molecule has 178 valence electrons. The summed E-state index contributed by atoms with van der Waals surface area (Å²) in [5.41, 5.74) is 0. The Bertz CT molecular complexity index is 504. The minimum absolute atomic E-state index is 0.110. The normalized spacial score (nSPS) is 10.1. The van der Waals surface area contributed by atoms with E-state index in [-0.39, 0.29) is 5.97 Å². The Morgan fingerprint density at radius 2 is 1.06 bits per heavy atom. The Balaban J connectivity index is 3.29. The average Bonchev–Trinajstić information content (AvgIpc) is 2.77. The summed E-state index contributed by atoms with van der Waals surface area (Å²) in [6.45, 7) is 3.11. The molecule has 0 radical (unpaired) electrons. The number of carbonyl (C=O) groups excluding carboxylic acids is 1. The highest BCUT2D eigenvalue weighted by Gasteiger charge is 2.01. The van der Waals surface area contributed by atoms with Gasteiger partial charge in [-0.3, -0.25) is 4.79 Å². The summed E-state index contributed by atoms with van der Waals surface area (Å²) in [7, 11) is 1.60. The number of carbonyl (C=O) groups is 1. The molecule has 0 rings (SSSR count). The first kappa shape index (κ1) is 29.5. The van der Waals surface area contributed by atoms with Crippen molar-refractivity contribution in [3.05, 3.63) is 0 Å². The number of unbranched alkanes of at least 4 members (excludes halogenated alkanes) is 16. The third-order valence-electron chi connectivity index (χ3n) is 5.38. The summed E-state index contributed by atoms with van der Waals surface area (Å²) in [6, 6.07) is 0. The predicted molar refractivity (Wildman–Crippen MR) is 132 cm³/mol. The fourth-order valence-corrected chi connectivity index (χ4v) is 3.42. The lowest BCUT2D eigenvalue weighted by Crippen LogP contribution is -2.09. The Morgan fingerprint density at radius 3 is 1.55 bits per heavy atom. The molecule has 31 heavy (non-hydrogen) atoms. The van der Waals surface area contributed by atoms with Crippen LogP contribution in [-0.2, 0) is 14.3 Å². The first-order valence-electron chi connectivity index (χ1n) is 12.9. The molecule has 0 heterocycles. The van der Waals surface area contributed by atoms with Crippen LogP contribution in [0.2, 0.25) is 0 Å². The summed E-state index contributed by atoms with van der Waals surface area (Å²) < 4.78 is 9.89. The average molecular weight is 433 g/mol. The molecule has 0 aromatic rings. The minimum Gasteiger partial charge on any atom is -0.463 e. The van der Waals surface area contributed by atoms with E-state index in [0.29, 0.717) is 19.6 Å². The zero-order valence-corrected chi connectivity index (χ0v) is 20.6. The monoisotopic (exact) mass is 432 g/mol. The predicted octanol–water partition coefficient (Wildman–Crippen LogP) is 7.61. The molecule has 0 aliphatic carbocycles. The SMILES string of the molecule is CCCCCCCCCCCCC#CC#CCCCCCCCCC(=O)OCCOC. The summed E-state index contributed by atoms with van der Waals surface area (Å²) >= 11 is 0. The Morgan fingerprint density at radius 1 is 0.613 bits per heavy atom. The molecule has 0 saturated heterocycles. The molecule has 0 amide bonds. The zero-order valence-electron chi connectivity index (χ0n) is 20.6. The van der Waals surface area contributed by atoms with Crippen LogP contribution >= 0.6 is 0 Å². The highest BCUT2D eigenvalue weighted by atomic mass is 16.6. The molecule has 0 atom stereocenters. The van der Waals surface area contributed by atoms with E-state index in [1.54, 1.807) is 7.11 Å². The summed E-state index contributed by atoms with van der Waals surface area (Å²) in [5, 5.41) is 0. The van der Waals surface area contributed by atoms with E-state index in [1.807, 2.05) is 0 Å². The van der Waals surface area contributed by atoms with Crippen LogP contribution < -0.4 is 0 Å². The summed E-state index contributed by atoms with van der Waals surface area (Å²) in [5.74, 6) is 12.2. The second-order valence-corrected chi connectivity index (χ2v) is 8.37. The van der Waals surface area contributed by atoms with Crippen molar-refractivity contribution in [1.82, 2.24) is 0 Å².